The van der Waals surface area contributed by atoms with Gasteiger partial charge < -0.3 is 25.0 Å². The molecule has 0 bridgehead atoms. The smallest absolute Gasteiger partial charge is 0.253 e. The summed E-state index contributed by atoms with van der Waals surface area (Å²) in [6, 6.07) is 14.5. The van der Waals surface area contributed by atoms with Gasteiger partial charge >= 0.3 is 0 Å². The maximum Gasteiger partial charge on any atom is 0.253 e. The van der Waals surface area contributed by atoms with Crippen molar-refractivity contribution in [3.63, 3.8) is 0 Å². The van der Waals surface area contributed by atoms with Crippen LogP contribution in [-0.2, 0) is 16.1 Å². The number of nitrogens with zero attached hydrogens (tertiary/aromatic N) is 3. The van der Waals surface area contributed by atoms with Crippen molar-refractivity contribution in [1.29, 1.82) is 0 Å². The van der Waals surface area contributed by atoms with Crippen LogP contribution in [-0.4, -0.2) is 88.4 Å². The Bertz CT molecular complexity index is 1300. The van der Waals surface area contributed by atoms with E-state index in [0.29, 0.717) is 63.1 Å². The molecule has 3 fully saturated rings. The van der Waals surface area contributed by atoms with Crippen molar-refractivity contribution in [2.24, 2.45) is 0 Å². The van der Waals surface area contributed by atoms with Gasteiger partial charge in [-0.2, -0.15) is 0 Å². The SMILES string of the molecule is CCCCN1C(=O)[C@@H](CC2(O)CCCCC2)NC(=O)C12CCN(Cc1ccc(Oc3ccc(C(=O)N(C)C)cc3)cc1)CC2. The van der Waals surface area contributed by atoms with E-state index in [9.17, 15) is 19.5 Å². The highest BCUT2D eigenvalue weighted by Crippen LogP contribution is 2.38. The van der Waals surface area contributed by atoms with E-state index in [-0.39, 0.29) is 17.7 Å². The summed E-state index contributed by atoms with van der Waals surface area (Å²) in [6.45, 7) is 4.86. The topological polar surface area (TPSA) is 102 Å². The minimum atomic E-state index is -0.867. The fraction of sp³-hybridized carbons (Fsp3) is 0.571. The molecular formula is C35H48N4O5. The summed E-state index contributed by atoms with van der Waals surface area (Å²) in [7, 11) is 3.46. The van der Waals surface area contributed by atoms with Crippen molar-refractivity contribution in [2.45, 2.75) is 94.9 Å². The molecule has 2 saturated heterocycles. The Hall–Kier alpha value is -3.43. The van der Waals surface area contributed by atoms with Crippen LogP contribution in [0.5, 0.6) is 11.5 Å². The van der Waals surface area contributed by atoms with Gasteiger partial charge in [-0.05, 0) is 74.1 Å². The Labute approximate surface area is 261 Å². The molecule has 0 unspecified atom stereocenters. The van der Waals surface area contributed by atoms with E-state index in [2.05, 4.69) is 29.3 Å². The van der Waals surface area contributed by atoms with E-state index in [1.165, 1.54) is 0 Å². The number of carbonyl (C=O) groups is 3. The molecule has 238 valence electrons. The Balaban J connectivity index is 1.18. The second kappa shape index (κ2) is 13.7. The summed E-state index contributed by atoms with van der Waals surface area (Å²) < 4.78 is 5.99. The summed E-state index contributed by atoms with van der Waals surface area (Å²) in [5.41, 5.74) is 0.0717. The Morgan fingerprint density at radius 1 is 0.955 bits per heavy atom. The third kappa shape index (κ3) is 7.10. The van der Waals surface area contributed by atoms with Gasteiger partial charge in [-0.3, -0.25) is 19.3 Å². The fourth-order valence-corrected chi connectivity index (χ4v) is 7.01. The van der Waals surface area contributed by atoms with Gasteiger partial charge in [0, 0.05) is 52.3 Å². The lowest BCUT2D eigenvalue weighted by Crippen LogP contribution is -2.73. The first-order valence-electron chi connectivity index (χ1n) is 16.3. The molecule has 9 nitrogen and oxygen atoms in total. The molecule has 2 N–H and O–H groups in total. The minimum absolute atomic E-state index is 0.0278. The number of hydrogen-bond donors (Lipinski definition) is 2. The average Bonchev–Trinajstić information content (AvgIpc) is 3.02. The van der Waals surface area contributed by atoms with Crippen molar-refractivity contribution in [1.82, 2.24) is 20.0 Å². The Morgan fingerprint density at radius 3 is 2.16 bits per heavy atom. The zero-order valence-corrected chi connectivity index (χ0v) is 26.5. The van der Waals surface area contributed by atoms with Gasteiger partial charge in [-0.1, -0.05) is 44.7 Å². The van der Waals surface area contributed by atoms with E-state index in [0.717, 1.165) is 50.0 Å². The molecule has 1 aliphatic carbocycles. The second-order valence-corrected chi connectivity index (χ2v) is 13.1. The number of aliphatic hydroxyl groups is 1. The minimum Gasteiger partial charge on any atom is -0.457 e. The molecule has 9 heteroatoms. The highest BCUT2D eigenvalue weighted by Gasteiger charge is 2.54. The molecule has 2 aliphatic heterocycles. The predicted molar refractivity (Wildman–Crippen MR) is 169 cm³/mol. The number of hydrogen-bond acceptors (Lipinski definition) is 6. The van der Waals surface area contributed by atoms with Gasteiger partial charge in [-0.25, -0.2) is 0 Å². The molecule has 1 saturated carbocycles. The third-order valence-corrected chi connectivity index (χ3v) is 9.67. The van der Waals surface area contributed by atoms with Crippen LogP contribution in [0.1, 0.15) is 87.1 Å². The van der Waals surface area contributed by atoms with Crippen LogP contribution in [0.25, 0.3) is 0 Å². The van der Waals surface area contributed by atoms with Gasteiger partial charge in [0.1, 0.15) is 23.1 Å². The average molecular weight is 605 g/mol. The van der Waals surface area contributed by atoms with Crippen LogP contribution in [0.15, 0.2) is 48.5 Å². The molecule has 0 radical (unpaired) electrons. The van der Waals surface area contributed by atoms with Gasteiger partial charge in [0.25, 0.3) is 5.91 Å². The third-order valence-electron chi connectivity index (χ3n) is 9.67. The summed E-state index contributed by atoms with van der Waals surface area (Å²) >= 11 is 0. The van der Waals surface area contributed by atoms with Crippen LogP contribution in [0.3, 0.4) is 0 Å². The van der Waals surface area contributed by atoms with Crippen LogP contribution in [0.4, 0.5) is 0 Å². The van der Waals surface area contributed by atoms with E-state index >= 15 is 0 Å². The van der Waals surface area contributed by atoms with Crippen LogP contribution < -0.4 is 10.1 Å². The first-order valence-corrected chi connectivity index (χ1v) is 16.3. The lowest BCUT2D eigenvalue weighted by atomic mass is 9.77. The summed E-state index contributed by atoms with van der Waals surface area (Å²) in [4.78, 5) is 45.5. The predicted octanol–water partition coefficient (Wildman–Crippen LogP) is 4.73. The second-order valence-electron chi connectivity index (χ2n) is 13.1. The van der Waals surface area contributed by atoms with Crippen molar-refractivity contribution in [3.05, 3.63) is 59.7 Å². The molecular weight excluding hydrogens is 556 g/mol. The molecule has 2 aromatic rings. The van der Waals surface area contributed by atoms with E-state index in [4.69, 9.17) is 4.74 Å². The zero-order chi connectivity index (χ0) is 31.3. The quantitative estimate of drug-likeness (QED) is 0.407. The van der Waals surface area contributed by atoms with Crippen molar-refractivity contribution >= 4 is 17.7 Å². The molecule has 1 atom stereocenters. The standard InChI is InChI=1S/C35H48N4O5/c1-4-5-21-39-32(41)30(24-34(43)17-7-6-8-18-34)36-33(42)35(39)19-22-38(23-20-35)25-26-9-13-28(14-10-26)44-29-15-11-27(12-16-29)31(40)37(2)3/h9-16,30,43H,4-8,17-25H2,1-3H3,(H,36,42)/t30-/m1/s1. The first kappa shape index (κ1) is 32.0. The molecule has 0 aromatic heterocycles. The lowest BCUT2D eigenvalue weighted by molar-refractivity contribution is -0.163. The van der Waals surface area contributed by atoms with E-state index < -0.39 is 17.2 Å². The molecule has 1 spiro atoms. The monoisotopic (exact) mass is 604 g/mol. The largest absolute Gasteiger partial charge is 0.457 e. The Kier molecular flexibility index (Phi) is 9.95. The highest BCUT2D eigenvalue weighted by atomic mass is 16.5. The fourth-order valence-electron chi connectivity index (χ4n) is 7.01. The van der Waals surface area contributed by atoms with Crippen LogP contribution in [0, 0.1) is 0 Å². The van der Waals surface area contributed by atoms with Crippen molar-refractivity contribution < 1.29 is 24.2 Å². The number of unbranched alkanes of at least 4 members (excludes halogenated alkanes) is 1. The Morgan fingerprint density at radius 2 is 1.57 bits per heavy atom. The van der Waals surface area contributed by atoms with Gasteiger partial charge in [-0.15, -0.1) is 0 Å². The number of nitrogens with one attached hydrogen (secondary N) is 1. The number of amides is 3. The molecule has 3 amide bonds. The molecule has 2 aromatic carbocycles. The van der Waals surface area contributed by atoms with Crippen LogP contribution >= 0.6 is 0 Å². The summed E-state index contributed by atoms with van der Waals surface area (Å²) in [5, 5.41) is 14.2. The van der Waals surface area contributed by atoms with E-state index in [1.807, 2.05) is 17.0 Å². The molecule has 2 heterocycles. The maximum absolute atomic E-state index is 13.8. The molecule has 44 heavy (non-hydrogen) atoms. The van der Waals surface area contributed by atoms with Crippen LogP contribution in [0.2, 0.25) is 0 Å². The molecule has 5 rings (SSSR count). The van der Waals surface area contributed by atoms with Crippen molar-refractivity contribution in [2.75, 3.05) is 33.7 Å². The maximum atomic E-state index is 13.8. The molecule has 3 aliphatic rings. The number of piperazine rings is 1. The number of benzene rings is 2. The number of piperidine rings is 1. The first-order chi connectivity index (χ1) is 21.1. The normalized spacial score (nSPS) is 21.6. The number of rotatable bonds is 10. The van der Waals surface area contributed by atoms with Crippen molar-refractivity contribution in [3.8, 4) is 11.5 Å². The summed E-state index contributed by atoms with van der Waals surface area (Å²) in [5.74, 6) is 1.25. The number of carbonyl (C=O) groups excluding carboxylic acids is 3. The highest BCUT2D eigenvalue weighted by molar-refractivity contribution is 6.00. The zero-order valence-electron chi connectivity index (χ0n) is 26.5. The van der Waals surface area contributed by atoms with E-state index in [1.54, 1.807) is 43.3 Å². The summed E-state index contributed by atoms with van der Waals surface area (Å²) in [6.07, 6.45) is 7.74. The van der Waals surface area contributed by atoms with Gasteiger partial charge in [0.05, 0.1) is 5.60 Å². The lowest BCUT2D eigenvalue weighted by Gasteiger charge is -2.52. The van der Waals surface area contributed by atoms with Gasteiger partial charge in [0.2, 0.25) is 11.8 Å². The number of ether oxygens (including phenoxy) is 1. The van der Waals surface area contributed by atoms with Gasteiger partial charge in [0.15, 0.2) is 0 Å². The number of likely N-dealkylation sites (tertiary alicyclic amines) is 1.